The van der Waals surface area contributed by atoms with Crippen LogP contribution in [0.2, 0.25) is 0 Å². The first-order valence-electron chi connectivity index (χ1n) is 4.73. The van der Waals surface area contributed by atoms with Gasteiger partial charge in [-0.25, -0.2) is 0 Å². The van der Waals surface area contributed by atoms with Crippen LogP contribution in [0.1, 0.15) is 46.5 Å². The third-order valence-corrected chi connectivity index (χ3v) is 2.29. The Bertz CT molecular complexity index is 117. The monoisotopic (exact) mass is 153 g/mol. The maximum atomic E-state index is 8.31. The zero-order valence-electron chi connectivity index (χ0n) is 7.93. The van der Waals surface area contributed by atoms with Crippen LogP contribution in [0.4, 0.5) is 0 Å². The first kappa shape index (κ1) is 10.5. The zero-order valence-corrected chi connectivity index (χ0v) is 7.93. The van der Waals surface area contributed by atoms with Crippen LogP contribution in [0.25, 0.3) is 0 Å². The summed E-state index contributed by atoms with van der Waals surface area (Å²) in [5.41, 5.74) is 0. The molecule has 0 radical (unpaired) electrons. The van der Waals surface area contributed by atoms with Crippen molar-refractivity contribution in [2.45, 2.75) is 46.5 Å². The van der Waals surface area contributed by atoms with Gasteiger partial charge in [0.05, 0.1) is 6.07 Å². The molecule has 1 nitrogen and oxygen atoms in total. The summed E-state index contributed by atoms with van der Waals surface area (Å²) in [5, 5.41) is 8.31. The summed E-state index contributed by atoms with van der Waals surface area (Å²) in [6.07, 6.45) is 4.71. The van der Waals surface area contributed by atoms with Crippen LogP contribution in [-0.4, -0.2) is 0 Å². The summed E-state index contributed by atoms with van der Waals surface area (Å²) < 4.78 is 0. The van der Waals surface area contributed by atoms with Gasteiger partial charge in [0.1, 0.15) is 0 Å². The molecular weight excluding hydrogens is 134 g/mol. The smallest absolute Gasteiger partial charge is 0.0624 e. The Kier molecular flexibility index (Phi) is 5.93. The molecule has 0 bridgehead atoms. The third-order valence-electron chi connectivity index (χ3n) is 2.29. The molecule has 0 atom stereocenters. The van der Waals surface area contributed by atoms with Crippen LogP contribution in [0.3, 0.4) is 0 Å². The van der Waals surface area contributed by atoms with Crippen molar-refractivity contribution in [3.05, 3.63) is 0 Å². The second-order valence-corrected chi connectivity index (χ2v) is 2.97. The highest BCUT2D eigenvalue weighted by molar-refractivity contribution is 4.85. The largest absolute Gasteiger partial charge is 0.198 e. The average Bonchev–Trinajstić information content (AvgIpc) is 2.00. The molecule has 11 heavy (non-hydrogen) atoms. The molecule has 0 amide bonds. The molecule has 0 saturated heterocycles. The molecule has 0 aliphatic heterocycles. The molecular formula is C10H19N. The van der Waals surface area contributed by atoms with E-state index in [2.05, 4.69) is 13.0 Å². The maximum Gasteiger partial charge on any atom is 0.0624 e. The maximum absolute atomic E-state index is 8.31. The van der Waals surface area contributed by atoms with Gasteiger partial charge in [0.25, 0.3) is 0 Å². The normalized spacial score (nSPS) is 27.5. The zero-order chi connectivity index (χ0) is 8.69. The highest BCUT2D eigenvalue weighted by Gasteiger charge is 2.26. The predicted molar refractivity (Wildman–Crippen MR) is 48.1 cm³/mol. The Morgan fingerprint density at radius 1 is 1.27 bits per heavy atom. The summed E-state index contributed by atoms with van der Waals surface area (Å²) in [7, 11) is 0. The van der Waals surface area contributed by atoms with E-state index in [4.69, 9.17) is 5.26 Å². The Balaban J connectivity index is 0.000000461. The van der Waals surface area contributed by atoms with Crippen molar-refractivity contribution in [2.75, 3.05) is 0 Å². The van der Waals surface area contributed by atoms with Gasteiger partial charge < -0.3 is 0 Å². The molecule has 0 N–H and O–H groups in total. The van der Waals surface area contributed by atoms with Crippen LogP contribution in [-0.2, 0) is 0 Å². The fourth-order valence-corrected chi connectivity index (χ4v) is 1.50. The van der Waals surface area contributed by atoms with Crippen LogP contribution in [0, 0.1) is 23.2 Å². The minimum Gasteiger partial charge on any atom is -0.198 e. The first-order chi connectivity index (χ1) is 5.36. The molecule has 1 heteroatoms. The molecule has 0 aromatic heterocycles. The molecule has 1 rings (SSSR count). The molecule has 1 fully saturated rings. The molecule has 0 heterocycles. The minimum absolute atomic E-state index is 0.750. The van der Waals surface area contributed by atoms with E-state index in [-0.39, 0.29) is 0 Å². The highest BCUT2D eigenvalue weighted by Crippen LogP contribution is 2.37. The van der Waals surface area contributed by atoms with Gasteiger partial charge in [0.2, 0.25) is 0 Å². The molecule has 0 spiro atoms. The van der Waals surface area contributed by atoms with E-state index in [1.54, 1.807) is 0 Å². The standard InChI is InChI=1S/C8H13N.C2H6/c1-2-7-5-8(6-7)3-4-9;1-2/h7-8H,2-3,5-6H2,1H3;1-2H3. The van der Waals surface area contributed by atoms with E-state index in [0.29, 0.717) is 0 Å². The average molecular weight is 153 g/mol. The Hall–Kier alpha value is -0.510. The lowest BCUT2D eigenvalue weighted by atomic mass is 9.72. The van der Waals surface area contributed by atoms with E-state index in [9.17, 15) is 0 Å². The topological polar surface area (TPSA) is 23.8 Å². The summed E-state index contributed by atoms with van der Waals surface area (Å²) >= 11 is 0. The molecule has 0 aromatic rings. The Morgan fingerprint density at radius 2 is 1.82 bits per heavy atom. The van der Waals surface area contributed by atoms with Crippen molar-refractivity contribution < 1.29 is 0 Å². The minimum atomic E-state index is 0.750. The van der Waals surface area contributed by atoms with Crippen molar-refractivity contribution in [1.82, 2.24) is 0 Å². The molecule has 0 unspecified atom stereocenters. The second kappa shape index (κ2) is 6.22. The van der Waals surface area contributed by atoms with Gasteiger partial charge in [0, 0.05) is 6.42 Å². The molecule has 0 aromatic carbocycles. The van der Waals surface area contributed by atoms with Crippen LogP contribution < -0.4 is 0 Å². The van der Waals surface area contributed by atoms with Crippen molar-refractivity contribution in [2.24, 2.45) is 11.8 Å². The number of nitrogens with zero attached hydrogens (tertiary/aromatic N) is 1. The lowest BCUT2D eigenvalue weighted by Gasteiger charge is -2.32. The third kappa shape index (κ3) is 3.41. The summed E-state index contributed by atoms with van der Waals surface area (Å²) in [6, 6.07) is 2.21. The van der Waals surface area contributed by atoms with E-state index >= 15 is 0 Å². The first-order valence-corrected chi connectivity index (χ1v) is 4.73. The summed E-state index contributed by atoms with van der Waals surface area (Å²) in [4.78, 5) is 0. The van der Waals surface area contributed by atoms with Gasteiger partial charge >= 0.3 is 0 Å². The van der Waals surface area contributed by atoms with Gasteiger partial charge in [-0.3, -0.25) is 0 Å². The number of nitriles is 1. The fraction of sp³-hybridized carbons (Fsp3) is 0.900. The van der Waals surface area contributed by atoms with Crippen molar-refractivity contribution >= 4 is 0 Å². The van der Waals surface area contributed by atoms with Gasteiger partial charge in [-0.1, -0.05) is 27.2 Å². The lowest BCUT2D eigenvalue weighted by Crippen LogP contribution is -2.22. The van der Waals surface area contributed by atoms with Gasteiger partial charge in [-0.05, 0) is 24.7 Å². The molecule has 1 aliphatic carbocycles. The SMILES string of the molecule is CC.CCC1CC(CC#N)C1. The quantitative estimate of drug-likeness (QED) is 0.596. The van der Waals surface area contributed by atoms with E-state index in [0.717, 1.165) is 18.3 Å². The van der Waals surface area contributed by atoms with Gasteiger partial charge in [-0.15, -0.1) is 0 Å². The van der Waals surface area contributed by atoms with Crippen molar-refractivity contribution in [3.63, 3.8) is 0 Å². The fourth-order valence-electron chi connectivity index (χ4n) is 1.50. The summed E-state index contributed by atoms with van der Waals surface area (Å²) in [5.74, 6) is 1.70. The number of hydrogen-bond donors (Lipinski definition) is 0. The predicted octanol–water partition coefficient (Wildman–Crippen LogP) is 3.36. The van der Waals surface area contributed by atoms with Crippen LogP contribution in [0.5, 0.6) is 0 Å². The van der Waals surface area contributed by atoms with Crippen LogP contribution >= 0.6 is 0 Å². The molecule has 1 saturated carbocycles. The molecule has 64 valence electrons. The summed E-state index contributed by atoms with van der Waals surface area (Å²) in [6.45, 7) is 6.23. The van der Waals surface area contributed by atoms with Crippen molar-refractivity contribution in [3.8, 4) is 6.07 Å². The van der Waals surface area contributed by atoms with Crippen molar-refractivity contribution in [1.29, 1.82) is 5.26 Å². The number of rotatable bonds is 2. The Labute approximate surface area is 70.4 Å². The van der Waals surface area contributed by atoms with Crippen LogP contribution in [0.15, 0.2) is 0 Å². The van der Waals surface area contributed by atoms with E-state index < -0.39 is 0 Å². The second-order valence-electron chi connectivity index (χ2n) is 2.97. The Morgan fingerprint density at radius 3 is 2.18 bits per heavy atom. The van der Waals surface area contributed by atoms with E-state index in [1.165, 1.54) is 19.3 Å². The van der Waals surface area contributed by atoms with Gasteiger partial charge in [0.15, 0.2) is 0 Å². The van der Waals surface area contributed by atoms with Gasteiger partial charge in [-0.2, -0.15) is 5.26 Å². The molecule has 1 aliphatic rings. The number of hydrogen-bond acceptors (Lipinski definition) is 1. The van der Waals surface area contributed by atoms with E-state index in [1.807, 2.05) is 13.8 Å². The highest BCUT2D eigenvalue weighted by atomic mass is 14.3. The lowest BCUT2D eigenvalue weighted by molar-refractivity contribution is 0.192.